The van der Waals surface area contributed by atoms with Gasteiger partial charge in [-0.3, -0.25) is 4.79 Å². The summed E-state index contributed by atoms with van der Waals surface area (Å²) in [6.07, 6.45) is 4.05. The number of benzene rings is 2. The number of aromatic nitrogens is 2. The second-order valence-corrected chi connectivity index (χ2v) is 7.48. The molecule has 0 bridgehead atoms. The first-order valence-electron chi connectivity index (χ1n) is 10.5. The number of ether oxygens (including phenoxy) is 1. The fourth-order valence-electron chi connectivity index (χ4n) is 3.54. The fourth-order valence-corrected chi connectivity index (χ4v) is 3.54. The number of para-hydroxylation sites is 2. The van der Waals surface area contributed by atoms with Crippen LogP contribution in [0.15, 0.2) is 42.5 Å². The summed E-state index contributed by atoms with van der Waals surface area (Å²) in [5.41, 5.74) is 4.45. The molecule has 0 atom stereocenters. The Labute approximate surface area is 173 Å². The molecule has 5 nitrogen and oxygen atoms in total. The quantitative estimate of drug-likeness (QED) is 0.513. The van der Waals surface area contributed by atoms with Crippen LogP contribution in [0.25, 0.3) is 11.0 Å². The zero-order chi connectivity index (χ0) is 20.6. The van der Waals surface area contributed by atoms with Crippen LogP contribution in [-0.4, -0.2) is 28.6 Å². The average Bonchev–Trinajstić information content (AvgIpc) is 3.08. The largest absolute Gasteiger partial charge is 0.483 e. The molecule has 1 amide bonds. The third kappa shape index (κ3) is 5.59. The van der Waals surface area contributed by atoms with E-state index in [-0.39, 0.29) is 12.5 Å². The fraction of sp³-hybridized carbons (Fsp3) is 0.417. The molecule has 0 saturated heterocycles. The Hall–Kier alpha value is -2.82. The van der Waals surface area contributed by atoms with Crippen molar-refractivity contribution in [2.45, 2.75) is 53.0 Å². The third-order valence-corrected chi connectivity index (χ3v) is 5.15. The highest BCUT2D eigenvalue weighted by Gasteiger charge is 2.09. The summed E-state index contributed by atoms with van der Waals surface area (Å²) in [5.74, 6) is 1.86. The van der Waals surface area contributed by atoms with Crippen molar-refractivity contribution in [2.24, 2.45) is 0 Å². The number of carbonyl (C=O) groups excluding carboxylic acids is 1. The highest BCUT2D eigenvalue weighted by molar-refractivity contribution is 5.77. The number of fused-ring (bicyclic) bond motifs is 1. The summed E-state index contributed by atoms with van der Waals surface area (Å²) in [4.78, 5) is 16.8. The molecule has 5 heteroatoms. The van der Waals surface area contributed by atoms with Gasteiger partial charge in [-0.25, -0.2) is 4.98 Å². The van der Waals surface area contributed by atoms with Crippen molar-refractivity contribution in [1.29, 1.82) is 0 Å². The Kier molecular flexibility index (Phi) is 7.28. The molecule has 3 aromatic rings. The van der Waals surface area contributed by atoms with Gasteiger partial charge in [0, 0.05) is 19.5 Å². The Morgan fingerprint density at radius 3 is 2.76 bits per heavy atom. The smallest absolute Gasteiger partial charge is 0.257 e. The maximum atomic E-state index is 12.0. The zero-order valence-electron chi connectivity index (χ0n) is 17.7. The molecule has 0 aliphatic rings. The molecule has 1 N–H and O–H groups in total. The molecule has 29 heavy (non-hydrogen) atoms. The summed E-state index contributed by atoms with van der Waals surface area (Å²) in [7, 11) is 0. The molecule has 0 saturated carbocycles. The Morgan fingerprint density at radius 1 is 1.10 bits per heavy atom. The number of aryl methyl sites for hydroxylation is 4. The minimum atomic E-state index is -0.0707. The molecule has 3 rings (SSSR count). The van der Waals surface area contributed by atoms with Gasteiger partial charge in [0.05, 0.1) is 11.0 Å². The van der Waals surface area contributed by atoms with Gasteiger partial charge in [-0.1, -0.05) is 30.7 Å². The Bertz CT molecular complexity index is 962. The van der Waals surface area contributed by atoms with Crippen LogP contribution in [0.2, 0.25) is 0 Å². The lowest BCUT2D eigenvalue weighted by atomic mass is 10.1. The summed E-state index contributed by atoms with van der Waals surface area (Å²) in [5, 5.41) is 2.94. The van der Waals surface area contributed by atoms with Crippen LogP contribution >= 0.6 is 0 Å². The van der Waals surface area contributed by atoms with Gasteiger partial charge in [0.1, 0.15) is 11.6 Å². The maximum absolute atomic E-state index is 12.0. The van der Waals surface area contributed by atoms with E-state index in [2.05, 4.69) is 35.0 Å². The number of hydrogen-bond donors (Lipinski definition) is 1. The highest BCUT2D eigenvalue weighted by atomic mass is 16.5. The minimum absolute atomic E-state index is 0.0603. The average molecular weight is 394 g/mol. The van der Waals surface area contributed by atoms with Crippen molar-refractivity contribution in [3.63, 3.8) is 0 Å². The lowest BCUT2D eigenvalue weighted by Gasteiger charge is -2.10. The van der Waals surface area contributed by atoms with Crippen LogP contribution in [0.4, 0.5) is 0 Å². The molecule has 1 aromatic heterocycles. The van der Waals surface area contributed by atoms with Gasteiger partial charge in [0.15, 0.2) is 6.61 Å². The second-order valence-electron chi connectivity index (χ2n) is 7.48. The van der Waals surface area contributed by atoms with Gasteiger partial charge in [0.25, 0.3) is 5.91 Å². The number of imidazole rings is 1. The SMILES string of the molecule is CCn1c(CCCCCNC(=O)COc2cc(C)ccc2C)nc2ccccc21. The van der Waals surface area contributed by atoms with E-state index >= 15 is 0 Å². The van der Waals surface area contributed by atoms with E-state index in [4.69, 9.17) is 9.72 Å². The molecular weight excluding hydrogens is 362 g/mol. The van der Waals surface area contributed by atoms with E-state index in [1.807, 2.05) is 38.1 Å². The van der Waals surface area contributed by atoms with Crippen molar-refractivity contribution >= 4 is 16.9 Å². The molecular formula is C24H31N3O2. The maximum Gasteiger partial charge on any atom is 0.257 e. The predicted octanol–water partition coefficient (Wildman–Crippen LogP) is 4.58. The van der Waals surface area contributed by atoms with Crippen molar-refractivity contribution in [3.8, 4) is 5.75 Å². The number of rotatable bonds is 10. The molecule has 0 radical (unpaired) electrons. The monoisotopic (exact) mass is 393 g/mol. The van der Waals surface area contributed by atoms with Crippen LogP contribution in [0.1, 0.15) is 43.1 Å². The first-order valence-corrected chi connectivity index (χ1v) is 10.5. The van der Waals surface area contributed by atoms with Gasteiger partial charge in [-0.2, -0.15) is 0 Å². The van der Waals surface area contributed by atoms with Gasteiger partial charge < -0.3 is 14.6 Å². The summed E-state index contributed by atoms with van der Waals surface area (Å²) in [6.45, 7) is 7.84. The minimum Gasteiger partial charge on any atom is -0.483 e. The van der Waals surface area contributed by atoms with Crippen LogP contribution in [0.5, 0.6) is 5.75 Å². The van der Waals surface area contributed by atoms with E-state index in [9.17, 15) is 4.79 Å². The van der Waals surface area contributed by atoms with Crippen molar-refractivity contribution < 1.29 is 9.53 Å². The second kappa shape index (κ2) is 10.1. The normalized spacial score (nSPS) is 11.0. The molecule has 0 aliphatic heterocycles. The van der Waals surface area contributed by atoms with Crippen LogP contribution in [0.3, 0.4) is 0 Å². The van der Waals surface area contributed by atoms with Crippen molar-refractivity contribution in [1.82, 2.24) is 14.9 Å². The molecule has 0 spiro atoms. The standard InChI is InChI=1S/C24H31N3O2/c1-4-27-21-11-8-7-10-20(21)26-23(27)12-6-5-9-15-25-24(28)17-29-22-16-18(2)13-14-19(22)3/h7-8,10-11,13-14,16H,4-6,9,12,15,17H2,1-3H3,(H,25,28). The Morgan fingerprint density at radius 2 is 1.93 bits per heavy atom. The van der Waals surface area contributed by atoms with Crippen LogP contribution < -0.4 is 10.1 Å². The van der Waals surface area contributed by atoms with Gasteiger partial charge in [0.2, 0.25) is 0 Å². The molecule has 0 unspecified atom stereocenters. The van der Waals surface area contributed by atoms with E-state index < -0.39 is 0 Å². The van der Waals surface area contributed by atoms with Gasteiger partial charge >= 0.3 is 0 Å². The molecule has 154 valence electrons. The van der Waals surface area contributed by atoms with Crippen molar-refractivity contribution in [3.05, 3.63) is 59.4 Å². The van der Waals surface area contributed by atoms with E-state index in [0.29, 0.717) is 6.54 Å². The first-order chi connectivity index (χ1) is 14.1. The lowest BCUT2D eigenvalue weighted by molar-refractivity contribution is -0.123. The topological polar surface area (TPSA) is 56.2 Å². The highest BCUT2D eigenvalue weighted by Crippen LogP contribution is 2.19. The molecule has 2 aromatic carbocycles. The molecule has 0 fully saturated rings. The zero-order valence-corrected chi connectivity index (χ0v) is 17.7. The summed E-state index contributed by atoms with van der Waals surface area (Å²) in [6, 6.07) is 14.3. The molecule has 1 heterocycles. The van der Waals surface area contributed by atoms with Crippen LogP contribution in [0, 0.1) is 13.8 Å². The number of nitrogens with zero attached hydrogens (tertiary/aromatic N) is 2. The molecule has 0 aliphatic carbocycles. The van der Waals surface area contributed by atoms with Gasteiger partial charge in [-0.05, 0) is 62.9 Å². The van der Waals surface area contributed by atoms with Crippen LogP contribution in [-0.2, 0) is 17.8 Å². The predicted molar refractivity (Wildman–Crippen MR) is 117 cm³/mol. The van der Waals surface area contributed by atoms with Gasteiger partial charge in [-0.15, -0.1) is 0 Å². The van der Waals surface area contributed by atoms with E-state index in [1.165, 1.54) is 5.52 Å². The van der Waals surface area contributed by atoms with E-state index in [0.717, 1.165) is 60.4 Å². The lowest BCUT2D eigenvalue weighted by Crippen LogP contribution is -2.29. The summed E-state index contributed by atoms with van der Waals surface area (Å²) < 4.78 is 7.94. The number of carbonyl (C=O) groups is 1. The summed E-state index contributed by atoms with van der Waals surface area (Å²) >= 11 is 0. The number of unbranched alkanes of at least 4 members (excludes halogenated alkanes) is 2. The van der Waals surface area contributed by atoms with Crippen molar-refractivity contribution in [2.75, 3.05) is 13.2 Å². The van der Waals surface area contributed by atoms with E-state index in [1.54, 1.807) is 0 Å². The number of nitrogens with one attached hydrogen (secondary N) is 1. The first kappa shape index (κ1) is 20.9. The number of hydrogen-bond acceptors (Lipinski definition) is 3. The number of amides is 1. The third-order valence-electron chi connectivity index (χ3n) is 5.15. The Balaban J connectivity index is 1.35.